The van der Waals surface area contributed by atoms with Crippen LogP contribution in [0.25, 0.3) is 0 Å². The first-order chi connectivity index (χ1) is 9.76. The van der Waals surface area contributed by atoms with Crippen molar-refractivity contribution in [3.8, 4) is 0 Å². The number of hydrogen-bond acceptors (Lipinski definition) is 4. The van der Waals surface area contributed by atoms with Crippen molar-refractivity contribution in [3.63, 3.8) is 0 Å². The van der Waals surface area contributed by atoms with Crippen LogP contribution < -0.4 is 10.2 Å². The fourth-order valence-electron chi connectivity index (χ4n) is 2.83. The van der Waals surface area contributed by atoms with Crippen molar-refractivity contribution in [2.24, 2.45) is 5.92 Å². The maximum atomic E-state index is 5.59. The second-order valence-electron chi connectivity index (χ2n) is 6.13. The van der Waals surface area contributed by atoms with Crippen molar-refractivity contribution in [1.29, 1.82) is 0 Å². The van der Waals surface area contributed by atoms with Gasteiger partial charge in [-0.15, -0.1) is 0 Å². The van der Waals surface area contributed by atoms with Gasteiger partial charge >= 0.3 is 0 Å². The zero-order valence-electron chi connectivity index (χ0n) is 12.5. The minimum Gasteiger partial charge on any atom is -0.379 e. The summed E-state index contributed by atoms with van der Waals surface area (Å²) in [6, 6.07) is 7.07. The Balaban J connectivity index is 1.64. The van der Waals surface area contributed by atoms with Gasteiger partial charge in [-0.1, -0.05) is 13.0 Å². The van der Waals surface area contributed by atoms with Crippen molar-refractivity contribution < 1.29 is 4.74 Å². The smallest absolute Gasteiger partial charge is 0.128 e. The molecule has 1 saturated heterocycles. The predicted molar refractivity (Wildman–Crippen MR) is 80.9 cm³/mol. The van der Waals surface area contributed by atoms with Crippen LogP contribution in [0.3, 0.4) is 0 Å². The fourth-order valence-corrected chi connectivity index (χ4v) is 2.83. The summed E-state index contributed by atoms with van der Waals surface area (Å²) in [5.74, 6) is 1.73. The molecule has 4 heteroatoms. The molecule has 2 heterocycles. The van der Waals surface area contributed by atoms with E-state index in [-0.39, 0.29) is 0 Å². The average Bonchev–Trinajstić information content (AvgIpc) is 3.30. The third-order valence-corrected chi connectivity index (χ3v) is 4.46. The Morgan fingerprint density at radius 1 is 1.35 bits per heavy atom. The number of anilines is 1. The van der Waals surface area contributed by atoms with Gasteiger partial charge in [-0.05, 0) is 37.3 Å². The first-order valence-corrected chi connectivity index (χ1v) is 7.73. The van der Waals surface area contributed by atoms with E-state index in [1.54, 1.807) is 0 Å². The summed E-state index contributed by atoms with van der Waals surface area (Å²) in [5.41, 5.74) is 1.14. The van der Waals surface area contributed by atoms with Crippen molar-refractivity contribution >= 4 is 5.82 Å². The molecule has 2 unspecified atom stereocenters. The molecule has 2 fully saturated rings. The van der Waals surface area contributed by atoms with Gasteiger partial charge in [0.15, 0.2) is 0 Å². The van der Waals surface area contributed by atoms with Gasteiger partial charge in [-0.2, -0.15) is 0 Å². The van der Waals surface area contributed by atoms with Crippen LogP contribution in [0.1, 0.15) is 31.9 Å². The maximum absolute atomic E-state index is 5.59. The van der Waals surface area contributed by atoms with Gasteiger partial charge in [-0.25, -0.2) is 4.98 Å². The summed E-state index contributed by atoms with van der Waals surface area (Å²) in [6.45, 7) is 5.18. The molecular formula is C16H25N3O. The summed E-state index contributed by atoms with van der Waals surface area (Å²) < 4.78 is 5.59. The van der Waals surface area contributed by atoms with E-state index in [9.17, 15) is 0 Å². The highest BCUT2D eigenvalue weighted by Gasteiger charge is 2.26. The molecule has 2 aliphatic rings. The first-order valence-electron chi connectivity index (χ1n) is 7.73. The summed E-state index contributed by atoms with van der Waals surface area (Å²) in [6.07, 6.45) is 4.13. The molecule has 0 spiro atoms. The molecule has 0 aromatic carbocycles. The van der Waals surface area contributed by atoms with Crippen LogP contribution in [0.5, 0.6) is 0 Å². The lowest BCUT2D eigenvalue weighted by molar-refractivity contribution is 0.0496. The Morgan fingerprint density at radius 3 is 2.95 bits per heavy atom. The molecule has 20 heavy (non-hydrogen) atoms. The quantitative estimate of drug-likeness (QED) is 0.894. The van der Waals surface area contributed by atoms with Gasteiger partial charge in [-0.3, -0.25) is 0 Å². The number of pyridine rings is 1. The molecule has 1 aromatic rings. The monoisotopic (exact) mass is 275 g/mol. The lowest BCUT2D eigenvalue weighted by Gasteiger charge is -2.37. The van der Waals surface area contributed by atoms with Crippen molar-refractivity contribution in [2.45, 2.75) is 44.9 Å². The molecule has 0 radical (unpaired) electrons. The highest BCUT2D eigenvalue weighted by molar-refractivity contribution is 5.40. The van der Waals surface area contributed by atoms with Crippen LogP contribution in [0.4, 0.5) is 5.82 Å². The molecule has 4 nitrogen and oxygen atoms in total. The van der Waals surface area contributed by atoms with Crippen LogP contribution in [0, 0.1) is 5.92 Å². The highest BCUT2D eigenvalue weighted by Crippen LogP contribution is 2.24. The zero-order valence-corrected chi connectivity index (χ0v) is 12.5. The van der Waals surface area contributed by atoms with Gasteiger partial charge in [0, 0.05) is 32.8 Å². The topological polar surface area (TPSA) is 37.4 Å². The fraction of sp³-hybridized carbons (Fsp3) is 0.688. The van der Waals surface area contributed by atoms with E-state index in [1.165, 1.54) is 19.3 Å². The summed E-state index contributed by atoms with van der Waals surface area (Å²) >= 11 is 0. The third kappa shape index (κ3) is 3.30. The van der Waals surface area contributed by atoms with E-state index >= 15 is 0 Å². The van der Waals surface area contributed by atoms with Crippen molar-refractivity contribution in [1.82, 2.24) is 10.3 Å². The molecule has 110 valence electrons. The number of piperidine rings is 1. The molecular weight excluding hydrogens is 250 g/mol. The molecule has 1 aliphatic heterocycles. The average molecular weight is 275 g/mol. The summed E-state index contributed by atoms with van der Waals surface area (Å²) in [4.78, 5) is 7.15. The van der Waals surface area contributed by atoms with Crippen LogP contribution >= 0.6 is 0 Å². The summed E-state index contributed by atoms with van der Waals surface area (Å²) in [5, 5.41) is 3.52. The van der Waals surface area contributed by atoms with Gasteiger partial charge in [0.2, 0.25) is 0 Å². The minimum absolute atomic E-state index is 0.318. The molecule has 1 saturated carbocycles. The van der Waals surface area contributed by atoms with E-state index in [0.29, 0.717) is 12.0 Å². The van der Waals surface area contributed by atoms with E-state index in [4.69, 9.17) is 9.72 Å². The van der Waals surface area contributed by atoms with E-state index in [1.807, 2.05) is 7.11 Å². The number of rotatable bonds is 5. The number of aromatic nitrogens is 1. The standard InChI is InChI=1S/C16H25N3O/c1-12-8-9-19(11-15(12)20-2)16-5-3-4-14(18-16)10-17-13-6-7-13/h3-5,12-13,15,17H,6-11H2,1-2H3. The Kier molecular flexibility index (Phi) is 4.22. The lowest BCUT2D eigenvalue weighted by atomic mass is 9.96. The second-order valence-corrected chi connectivity index (χ2v) is 6.13. The minimum atomic E-state index is 0.318. The Labute approximate surface area is 121 Å². The Bertz CT molecular complexity index is 447. The number of nitrogens with zero attached hydrogens (tertiary/aromatic N) is 2. The molecule has 0 amide bonds. The maximum Gasteiger partial charge on any atom is 0.128 e. The predicted octanol–water partition coefficient (Wildman–Crippen LogP) is 2.19. The molecule has 1 aromatic heterocycles. The van der Waals surface area contributed by atoms with Gasteiger partial charge < -0.3 is 15.0 Å². The van der Waals surface area contributed by atoms with Crippen LogP contribution in [-0.2, 0) is 11.3 Å². The van der Waals surface area contributed by atoms with Crippen LogP contribution in [0.15, 0.2) is 18.2 Å². The number of hydrogen-bond donors (Lipinski definition) is 1. The van der Waals surface area contributed by atoms with E-state index in [2.05, 4.69) is 35.3 Å². The molecule has 2 atom stereocenters. The van der Waals surface area contributed by atoms with Crippen LogP contribution in [-0.4, -0.2) is 37.3 Å². The lowest BCUT2D eigenvalue weighted by Crippen LogP contribution is -2.44. The zero-order chi connectivity index (χ0) is 13.9. The molecule has 0 bridgehead atoms. The molecule has 3 rings (SSSR count). The van der Waals surface area contributed by atoms with E-state index in [0.717, 1.165) is 37.2 Å². The molecule has 1 aliphatic carbocycles. The third-order valence-electron chi connectivity index (χ3n) is 4.46. The highest BCUT2D eigenvalue weighted by atomic mass is 16.5. The summed E-state index contributed by atoms with van der Waals surface area (Å²) in [7, 11) is 1.81. The molecule has 1 N–H and O–H groups in total. The second kappa shape index (κ2) is 6.10. The normalized spacial score (nSPS) is 26.8. The van der Waals surface area contributed by atoms with Gasteiger partial charge in [0.25, 0.3) is 0 Å². The Hall–Kier alpha value is -1.13. The van der Waals surface area contributed by atoms with Gasteiger partial charge in [0.1, 0.15) is 5.82 Å². The van der Waals surface area contributed by atoms with Crippen LogP contribution in [0.2, 0.25) is 0 Å². The SMILES string of the molecule is COC1CN(c2cccc(CNC3CC3)n2)CCC1C. The van der Waals surface area contributed by atoms with Gasteiger partial charge in [0.05, 0.1) is 11.8 Å². The first kappa shape index (κ1) is 13.8. The van der Waals surface area contributed by atoms with Crippen molar-refractivity contribution in [3.05, 3.63) is 23.9 Å². The van der Waals surface area contributed by atoms with Crippen molar-refractivity contribution in [2.75, 3.05) is 25.1 Å². The number of methoxy groups -OCH3 is 1. The Morgan fingerprint density at radius 2 is 2.20 bits per heavy atom. The number of ether oxygens (including phenoxy) is 1. The van der Waals surface area contributed by atoms with E-state index < -0.39 is 0 Å². The number of nitrogens with one attached hydrogen (secondary N) is 1. The largest absolute Gasteiger partial charge is 0.379 e.